The van der Waals surface area contributed by atoms with Gasteiger partial charge in [-0.3, -0.25) is 10.2 Å². The third kappa shape index (κ3) is 1.94. The molecule has 1 rings (SSSR count). The molecule has 4 heteroatoms. The predicted octanol–water partition coefficient (Wildman–Crippen LogP) is 1.50. The lowest BCUT2D eigenvalue weighted by atomic mass is 10.4. The first kappa shape index (κ1) is 8.56. The number of nitrogens with zero attached hydrogens (tertiary/aromatic N) is 1. The molecule has 0 spiro atoms. The van der Waals surface area contributed by atoms with E-state index in [1.54, 1.807) is 5.01 Å². The Morgan fingerprint density at radius 2 is 1.91 bits per heavy atom. The van der Waals surface area contributed by atoms with Gasteiger partial charge in [-0.2, -0.15) is 0 Å². The molecule has 0 saturated carbocycles. The summed E-state index contributed by atoms with van der Waals surface area (Å²) in [5, 5.41) is 1.27. The Hall–Kier alpha value is -0.540. The van der Waals surface area contributed by atoms with Crippen molar-refractivity contribution in [3.63, 3.8) is 0 Å². The summed E-state index contributed by atoms with van der Waals surface area (Å²) < 4.78 is 0. The zero-order chi connectivity index (χ0) is 8.43. The number of rotatable bonds is 1. The molecule has 1 heterocycles. The molecule has 0 aromatic rings. The Balaban J connectivity index is 2.52. The third-order valence-electron chi connectivity index (χ3n) is 1.76. The van der Waals surface area contributed by atoms with Gasteiger partial charge < -0.3 is 0 Å². The highest BCUT2D eigenvalue weighted by molar-refractivity contribution is 6.62. The lowest BCUT2D eigenvalue weighted by molar-refractivity contribution is 0.162. The van der Waals surface area contributed by atoms with E-state index in [1.165, 1.54) is 0 Å². The number of hydrazine groups is 1. The summed E-state index contributed by atoms with van der Waals surface area (Å²) >= 11 is 5.17. The van der Waals surface area contributed by atoms with Gasteiger partial charge in [-0.25, -0.2) is 5.01 Å². The Morgan fingerprint density at radius 1 is 1.45 bits per heavy atom. The van der Waals surface area contributed by atoms with Gasteiger partial charge >= 0.3 is 5.37 Å². The van der Waals surface area contributed by atoms with Crippen molar-refractivity contribution in [1.82, 2.24) is 10.4 Å². The molecule has 1 aliphatic heterocycles. The zero-order valence-electron chi connectivity index (χ0n) is 6.54. The van der Waals surface area contributed by atoms with E-state index in [-0.39, 0.29) is 12.1 Å². The van der Waals surface area contributed by atoms with Crippen molar-refractivity contribution in [2.24, 2.45) is 0 Å². The average molecular weight is 175 g/mol. The minimum Gasteiger partial charge on any atom is -0.274 e. The molecule has 1 aliphatic rings. The van der Waals surface area contributed by atoms with Crippen molar-refractivity contribution in [1.29, 1.82) is 0 Å². The summed E-state index contributed by atoms with van der Waals surface area (Å²) in [6.45, 7) is 3.99. The summed E-state index contributed by atoms with van der Waals surface area (Å²) in [5.74, 6) is 0. The van der Waals surface area contributed by atoms with Gasteiger partial charge in [0.15, 0.2) is 0 Å². The van der Waals surface area contributed by atoms with Crippen molar-refractivity contribution in [3.8, 4) is 0 Å². The number of amides is 1. The molecule has 0 aromatic carbocycles. The monoisotopic (exact) mass is 174 g/mol. The van der Waals surface area contributed by atoms with Crippen LogP contribution >= 0.6 is 11.6 Å². The Kier molecular flexibility index (Phi) is 2.52. The topological polar surface area (TPSA) is 32.3 Å². The minimum absolute atomic E-state index is 0.229. The van der Waals surface area contributed by atoms with Crippen LogP contribution in [-0.2, 0) is 0 Å². The van der Waals surface area contributed by atoms with E-state index in [0.717, 1.165) is 0 Å². The fourth-order valence-corrected chi connectivity index (χ4v) is 1.28. The predicted molar refractivity (Wildman–Crippen MR) is 44.3 cm³/mol. The van der Waals surface area contributed by atoms with E-state index >= 15 is 0 Å². The first-order valence-electron chi connectivity index (χ1n) is 3.54. The van der Waals surface area contributed by atoms with E-state index in [2.05, 4.69) is 5.43 Å². The van der Waals surface area contributed by atoms with Crippen LogP contribution in [0.2, 0.25) is 0 Å². The molecule has 0 fully saturated rings. The Morgan fingerprint density at radius 3 is 2.27 bits per heavy atom. The summed E-state index contributed by atoms with van der Waals surface area (Å²) in [6.07, 6.45) is 4.05. The van der Waals surface area contributed by atoms with Crippen molar-refractivity contribution >= 4 is 17.0 Å². The third-order valence-corrected chi connectivity index (χ3v) is 1.85. The second-order valence-corrected chi connectivity index (χ2v) is 3.00. The van der Waals surface area contributed by atoms with Crippen LogP contribution in [0.25, 0.3) is 0 Å². The number of carbonyl (C=O) groups excluding carboxylic acids is 1. The van der Waals surface area contributed by atoms with Crippen LogP contribution in [-0.4, -0.2) is 22.5 Å². The minimum atomic E-state index is -0.535. The fraction of sp³-hybridized carbons (Fsp3) is 0.571. The maximum atomic E-state index is 10.5. The first-order chi connectivity index (χ1) is 5.11. The van der Waals surface area contributed by atoms with Gasteiger partial charge in [0.2, 0.25) is 0 Å². The number of halogens is 1. The smallest absolute Gasteiger partial charge is 0.274 e. The van der Waals surface area contributed by atoms with Crippen molar-refractivity contribution < 1.29 is 4.79 Å². The summed E-state index contributed by atoms with van der Waals surface area (Å²) in [4.78, 5) is 10.5. The van der Waals surface area contributed by atoms with Gasteiger partial charge in [-0.15, -0.1) is 0 Å². The number of hydrogen-bond acceptors (Lipinski definition) is 2. The fourth-order valence-electron chi connectivity index (χ4n) is 1.18. The highest BCUT2D eigenvalue weighted by Crippen LogP contribution is 2.12. The molecule has 0 saturated heterocycles. The van der Waals surface area contributed by atoms with Gasteiger partial charge in [0.1, 0.15) is 0 Å². The van der Waals surface area contributed by atoms with E-state index in [1.807, 2.05) is 26.0 Å². The first-order valence-corrected chi connectivity index (χ1v) is 3.92. The maximum absolute atomic E-state index is 10.5. The van der Waals surface area contributed by atoms with E-state index in [9.17, 15) is 4.79 Å². The normalized spacial score (nSPS) is 30.8. The van der Waals surface area contributed by atoms with Crippen LogP contribution in [0.4, 0.5) is 4.79 Å². The van der Waals surface area contributed by atoms with Gasteiger partial charge in [0, 0.05) is 12.1 Å². The van der Waals surface area contributed by atoms with Crippen molar-refractivity contribution in [2.75, 3.05) is 0 Å². The summed E-state index contributed by atoms with van der Waals surface area (Å²) in [6, 6.07) is 0.459. The van der Waals surface area contributed by atoms with Crippen LogP contribution in [0.1, 0.15) is 13.8 Å². The zero-order valence-corrected chi connectivity index (χ0v) is 7.30. The molecule has 1 N–H and O–H groups in total. The average Bonchev–Trinajstić information content (AvgIpc) is 2.18. The van der Waals surface area contributed by atoms with Crippen LogP contribution in [0.3, 0.4) is 0 Å². The van der Waals surface area contributed by atoms with Gasteiger partial charge in [0.25, 0.3) is 0 Å². The molecule has 2 unspecified atom stereocenters. The molecule has 1 amide bonds. The Labute approximate surface area is 71.0 Å². The quantitative estimate of drug-likeness (QED) is 0.371. The van der Waals surface area contributed by atoms with E-state index < -0.39 is 5.37 Å². The second kappa shape index (κ2) is 3.24. The lowest BCUT2D eigenvalue weighted by Gasteiger charge is -2.24. The van der Waals surface area contributed by atoms with Gasteiger partial charge in [0.05, 0.1) is 0 Å². The second-order valence-electron chi connectivity index (χ2n) is 2.66. The largest absolute Gasteiger partial charge is 0.328 e. The van der Waals surface area contributed by atoms with Crippen LogP contribution in [0.15, 0.2) is 12.2 Å². The van der Waals surface area contributed by atoms with Gasteiger partial charge in [-0.05, 0) is 25.4 Å². The molecule has 0 aliphatic carbocycles. The van der Waals surface area contributed by atoms with Crippen molar-refractivity contribution in [2.45, 2.75) is 25.9 Å². The molecule has 0 bridgehead atoms. The van der Waals surface area contributed by atoms with Gasteiger partial charge in [-0.1, -0.05) is 12.2 Å². The Bertz CT molecular complexity index is 181. The molecule has 0 radical (unpaired) electrons. The molecular weight excluding hydrogens is 164 g/mol. The highest BCUT2D eigenvalue weighted by atomic mass is 35.5. The van der Waals surface area contributed by atoms with Crippen LogP contribution < -0.4 is 5.43 Å². The van der Waals surface area contributed by atoms with E-state index in [4.69, 9.17) is 11.6 Å². The summed E-state index contributed by atoms with van der Waals surface area (Å²) in [5.41, 5.74) is 2.54. The van der Waals surface area contributed by atoms with E-state index in [0.29, 0.717) is 0 Å². The standard InChI is InChI=1S/C7H11ClN2O/c1-5-3-4-6(2)10(5)9-7(8)11/h3-6H,1-2H3,(H,9,11). The lowest BCUT2D eigenvalue weighted by Crippen LogP contribution is -2.46. The number of carbonyl (C=O) groups is 1. The SMILES string of the molecule is CC1C=CC(C)N1NC(=O)Cl. The van der Waals surface area contributed by atoms with Crippen LogP contribution in [0, 0.1) is 0 Å². The number of nitrogens with one attached hydrogen (secondary N) is 1. The summed E-state index contributed by atoms with van der Waals surface area (Å²) in [7, 11) is 0. The molecule has 3 nitrogen and oxygen atoms in total. The maximum Gasteiger partial charge on any atom is 0.328 e. The van der Waals surface area contributed by atoms with Crippen LogP contribution in [0.5, 0.6) is 0 Å². The highest BCUT2D eigenvalue weighted by Gasteiger charge is 2.22. The molecule has 2 atom stereocenters. The molecule has 11 heavy (non-hydrogen) atoms. The molecule has 62 valence electrons. The van der Waals surface area contributed by atoms with Crippen molar-refractivity contribution in [3.05, 3.63) is 12.2 Å². The molecule has 0 aromatic heterocycles. The number of hydrogen-bond donors (Lipinski definition) is 1. The molecular formula is C7H11ClN2O.